The molecule has 1 rings (SSSR count). The largest absolute Gasteiger partial charge is 0.392 e. The van der Waals surface area contributed by atoms with E-state index in [1.165, 1.54) is 25.7 Å². The lowest BCUT2D eigenvalue weighted by Gasteiger charge is -2.29. The number of aliphatic hydroxyl groups is 1. The van der Waals surface area contributed by atoms with Crippen molar-refractivity contribution < 1.29 is 5.11 Å². The Morgan fingerprint density at radius 3 is 2.50 bits per heavy atom. The van der Waals surface area contributed by atoms with Gasteiger partial charge in [-0.1, -0.05) is 46.5 Å². The highest BCUT2D eigenvalue weighted by atomic mass is 16.3. The third-order valence-corrected chi connectivity index (χ3v) is 4.14. The van der Waals surface area contributed by atoms with Gasteiger partial charge < -0.3 is 10.4 Å². The fraction of sp³-hybridized carbons (Fsp3) is 1.00. The van der Waals surface area contributed by atoms with Crippen LogP contribution in [0.3, 0.4) is 0 Å². The maximum absolute atomic E-state index is 10.0. The normalized spacial score (nSPS) is 28.3. The Balaban J connectivity index is 2.22. The van der Waals surface area contributed by atoms with Gasteiger partial charge in [0.15, 0.2) is 0 Å². The monoisotopic (exact) mass is 227 g/mol. The van der Waals surface area contributed by atoms with Gasteiger partial charge in [0.1, 0.15) is 0 Å². The van der Waals surface area contributed by atoms with Crippen LogP contribution in [0.15, 0.2) is 0 Å². The fourth-order valence-electron chi connectivity index (χ4n) is 2.91. The SMILES string of the molecule is CCC(CC)C(O)CNC1CCCC(C)C1. The van der Waals surface area contributed by atoms with Gasteiger partial charge in [-0.05, 0) is 24.7 Å². The molecule has 0 aliphatic heterocycles. The maximum Gasteiger partial charge on any atom is 0.0692 e. The van der Waals surface area contributed by atoms with Crippen LogP contribution in [-0.4, -0.2) is 23.8 Å². The number of hydrogen-bond donors (Lipinski definition) is 2. The predicted octanol–water partition coefficient (Wildman–Crippen LogP) is 2.95. The summed E-state index contributed by atoms with van der Waals surface area (Å²) in [5, 5.41) is 13.6. The van der Waals surface area contributed by atoms with Crippen molar-refractivity contribution in [1.82, 2.24) is 5.32 Å². The van der Waals surface area contributed by atoms with E-state index in [-0.39, 0.29) is 6.10 Å². The third kappa shape index (κ3) is 4.42. The van der Waals surface area contributed by atoms with E-state index in [1.54, 1.807) is 0 Å². The molecule has 1 saturated carbocycles. The van der Waals surface area contributed by atoms with Crippen molar-refractivity contribution in [2.24, 2.45) is 11.8 Å². The number of rotatable bonds is 6. The van der Waals surface area contributed by atoms with Crippen molar-refractivity contribution in [1.29, 1.82) is 0 Å². The van der Waals surface area contributed by atoms with Gasteiger partial charge in [-0.25, -0.2) is 0 Å². The lowest BCUT2D eigenvalue weighted by molar-refractivity contribution is 0.0950. The quantitative estimate of drug-likeness (QED) is 0.731. The first-order valence-electron chi connectivity index (χ1n) is 7.08. The molecule has 2 N–H and O–H groups in total. The maximum atomic E-state index is 10.0. The highest BCUT2D eigenvalue weighted by Gasteiger charge is 2.21. The molecule has 0 bridgehead atoms. The highest BCUT2D eigenvalue weighted by molar-refractivity contribution is 4.78. The molecule has 0 aromatic rings. The summed E-state index contributed by atoms with van der Waals surface area (Å²) in [5.41, 5.74) is 0. The zero-order chi connectivity index (χ0) is 12.0. The predicted molar refractivity (Wildman–Crippen MR) is 69.5 cm³/mol. The van der Waals surface area contributed by atoms with Crippen LogP contribution in [0.4, 0.5) is 0 Å². The first kappa shape index (κ1) is 14.0. The van der Waals surface area contributed by atoms with Gasteiger partial charge in [-0.15, -0.1) is 0 Å². The van der Waals surface area contributed by atoms with Crippen LogP contribution in [0, 0.1) is 11.8 Å². The van der Waals surface area contributed by atoms with Gasteiger partial charge >= 0.3 is 0 Å². The molecule has 2 nitrogen and oxygen atoms in total. The average molecular weight is 227 g/mol. The van der Waals surface area contributed by atoms with E-state index in [0.29, 0.717) is 12.0 Å². The van der Waals surface area contributed by atoms with E-state index < -0.39 is 0 Å². The van der Waals surface area contributed by atoms with E-state index in [0.717, 1.165) is 25.3 Å². The summed E-state index contributed by atoms with van der Waals surface area (Å²) in [6.45, 7) is 7.45. The summed E-state index contributed by atoms with van der Waals surface area (Å²) in [5.74, 6) is 1.32. The standard InChI is InChI=1S/C14H29NO/c1-4-12(5-2)14(16)10-15-13-8-6-7-11(3)9-13/h11-16H,4-10H2,1-3H3. The van der Waals surface area contributed by atoms with Crippen molar-refractivity contribution in [3.8, 4) is 0 Å². The second-order valence-electron chi connectivity index (χ2n) is 5.52. The van der Waals surface area contributed by atoms with Gasteiger partial charge in [-0.3, -0.25) is 0 Å². The zero-order valence-corrected chi connectivity index (χ0v) is 11.2. The molecule has 1 aliphatic rings. The summed E-state index contributed by atoms with van der Waals surface area (Å²) in [6, 6.07) is 0.646. The summed E-state index contributed by atoms with van der Waals surface area (Å²) in [7, 11) is 0. The minimum atomic E-state index is -0.160. The second-order valence-corrected chi connectivity index (χ2v) is 5.52. The topological polar surface area (TPSA) is 32.3 Å². The molecule has 0 aromatic carbocycles. The molecular formula is C14H29NO. The Morgan fingerprint density at radius 2 is 1.94 bits per heavy atom. The molecule has 96 valence electrons. The van der Waals surface area contributed by atoms with Gasteiger partial charge in [0, 0.05) is 12.6 Å². The first-order valence-corrected chi connectivity index (χ1v) is 7.08. The number of aliphatic hydroxyl groups excluding tert-OH is 1. The minimum absolute atomic E-state index is 0.160. The summed E-state index contributed by atoms with van der Waals surface area (Å²) in [6.07, 6.45) is 7.32. The second kappa shape index (κ2) is 7.29. The summed E-state index contributed by atoms with van der Waals surface area (Å²) < 4.78 is 0. The van der Waals surface area contributed by atoms with Crippen molar-refractivity contribution in [3.63, 3.8) is 0 Å². The smallest absolute Gasteiger partial charge is 0.0692 e. The summed E-state index contributed by atoms with van der Waals surface area (Å²) in [4.78, 5) is 0. The first-order chi connectivity index (χ1) is 7.67. The molecule has 0 spiro atoms. The molecule has 1 fully saturated rings. The van der Waals surface area contributed by atoms with E-state index in [2.05, 4.69) is 26.1 Å². The van der Waals surface area contributed by atoms with Crippen LogP contribution in [0.25, 0.3) is 0 Å². The molecule has 3 unspecified atom stereocenters. The van der Waals surface area contributed by atoms with Crippen molar-refractivity contribution in [3.05, 3.63) is 0 Å². The number of hydrogen-bond acceptors (Lipinski definition) is 2. The molecule has 2 heteroatoms. The Hall–Kier alpha value is -0.0800. The van der Waals surface area contributed by atoms with E-state index in [4.69, 9.17) is 0 Å². The lowest BCUT2D eigenvalue weighted by atomic mass is 9.87. The van der Waals surface area contributed by atoms with Crippen molar-refractivity contribution >= 4 is 0 Å². The van der Waals surface area contributed by atoms with Crippen LogP contribution in [0.5, 0.6) is 0 Å². The Morgan fingerprint density at radius 1 is 1.25 bits per heavy atom. The zero-order valence-electron chi connectivity index (χ0n) is 11.2. The molecule has 1 aliphatic carbocycles. The van der Waals surface area contributed by atoms with Crippen LogP contribution >= 0.6 is 0 Å². The average Bonchev–Trinajstić information content (AvgIpc) is 2.28. The van der Waals surface area contributed by atoms with Gasteiger partial charge in [0.25, 0.3) is 0 Å². The fourth-order valence-corrected chi connectivity index (χ4v) is 2.91. The van der Waals surface area contributed by atoms with Crippen LogP contribution in [-0.2, 0) is 0 Å². The van der Waals surface area contributed by atoms with Gasteiger partial charge in [-0.2, -0.15) is 0 Å². The van der Waals surface area contributed by atoms with E-state index in [1.807, 2.05) is 0 Å². The van der Waals surface area contributed by atoms with Gasteiger partial charge in [0.05, 0.1) is 6.10 Å². The summed E-state index contributed by atoms with van der Waals surface area (Å²) >= 11 is 0. The van der Waals surface area contributed by atoms with E-state index in [9.17, 15) is 5.11 Å². The Kier molecular flexibility index (Phi) is 6.37. The van der Waals surface area contributed by atoms with Crippen LogP contribution < -0.4 is 5.32 Å². The molecule has 16 heavy (non-hydrogen) atoms. The molecule has 0 aromatic heterocycles. The van der Waals surface area contributed by atoms with Crippen molar-refractivity contribution in [2.75, 3.05) is 6.54 Å². The molecule has 0 radical (unpaired) electrons. The third-order valence-electron chi connectivity index (χ3n) is 4.14. The minimum Gasteiger partial charge on any atom is -0.392 e. The molecule has 0 saturated heterocycles. The van der Waals surface area contributed by atoms with Crippen LogP contribution in [0.1, 0.15) is 59.3 Å². The molecular weight excluding hydrogens is 198 g/mol. The number of nitrogens with one attached hydrogen (secondary N) is 1. The molecule has 3 atom stereocenters. The lowest BCUT2D eigenvalue weighted by Crippen LogP contribution is -2.40. The highest BCUT2D eigenvalue weighted by Crippen LogP contribution is 2.23. The van der Waals surface area contributed by atoms with Gasteiger partial charge in [0.2, 0.25) is 0 Å². The van der Waals surface area contributed by atoms with Crippen molar-refractivity contribution in [2.45, 2.75) is 71.4 Å². The Labute approximate surface area is 101 Å². The van der Waals surface area contributed by atoms with Crippen LogP contribution in [0.2, 0.25) is 0 Å². The van der Waals surface area contributed by atoms with E-state index >= 15 is 0 Å². The molecule has 0 amide bonds. The molecule has 0 heterocycles. The Bertz CT molecular complexity index is 178.